The molecule has 1 unspecified atom stereocenters. The minimum absolute atomic E-state index is 0.410. The van der Waals surface area contributed by atoms with Gasteiger partial charge in [-0.3, -0.25) is 0 Å². The van der Waals surface area contributed by atoms with Gasteiger partial charge in [-0.05, 0) is 28.7 Å². The first-order valence-corrected chi connectivity index (χ1v) is 7.44. The molecule has 0 aromatic heterocycles. The lowest BCUT2D eigenvalue weighted by Crippen LogP contribution is -2.05. The maximum atomic E-state index is 5.33. The van der Waals surface area contributed by atoms with E-state index < -0.39 is 0 Å². The summed E-state index contributed by atoms with van der Waals surface area (Å²) in [6.45, 7) is 3.56. The first-order chi connectivity index (χ1) is 10.3. The van der Waals surface area contributed by atoms with Crippen LogP contribution in [0.2, 0.25) is 0 Å². The minimum Gasteiger partial charge on any atom is -0.380 e. The van der Waals surface area contributed by atoms with Crippen LogP contribution in [0.15, 0.2) is 48.5 Å². The van der Waals surface area contributed by atoms with E-state index in [0.717, 1.165) is 6.42 Å². The molecule has 0 aliphatic heterocycles. The van der Waals surface area contributed by atoms with Crippen LogP contribution >= 0.6 is 0 Å². The Morgan fingerprint density at radius 2 is 1.52 bits per heavy atom. The highest BCUT2D eigenvalue weighted by Crippen LogP contribution is 2.30. The van der Waals surface area contributed by atoms with Gasteiger partial charge in [0.1, 0.15) is 0 Å². The Bertz CT molecular complexity index is 546. The molecule has 0 saturated carbocycles. The van der Waals surface area contributed by atoms with Gasteiger partial charge in [0.25, 0.3) is 0 Å². The van der Waals surface area contributed by atoms with Crippen molar-refractivity contribution in [2.75, 3.05) is 14.2 Å². The lowest BCUT2D eigenvalue weighted by Gasteiger charge is -2.20. The molecule has 0 radical (unpaired) electrons. The number of methoxy groups -OCH3 is 2. The zero-order chi connectivity index (χ0) is 15.1. The largest absolute Gasteiger partial charge is 0.380 e. The maximum Gasteiger partial charge on any atom is 0.0715 e. The van der Waals surface area contributed by atoms with E-state index in [1.807, 2.05) is 0 Å². The second-order valence-corrected chi connectivity index (χ2v) is 5.27. The lowest BCUT2D eigenvalue weighted by molar-refractivity contribution is 0.184. The van der Waals surface area contributed by atoms with Crippen molar-refractivity contribution in [3.05, 3.63) is 70.8 Å². The molecule has 2 heteroatoms. The molecule has 0 amide bonds. The fraction of sp³-hybridized carbons (Fsp3) is 0.368. The summed E-state index contributed by atoms with van der Waals surface area (Å²) in [4.78, 5) is 0. The van der Waals surface area contributed by atoms with Gasteiger partial charge < -0.3 is 9.47 Å². The summed E-state index contributed by atoms with van der Waals surface area (Å²) < 4.78 is 10.5. The molecular weight excluding hydrogens is 260 g/mol. The molecule has 0 spiro atoms. The van der Waals surface area contributed by atoms with Gasteiger partial charge in [0, 0.05) is 20.1 Å². The molecule has 112 valence electrons. The molecular formula is C19H24O2. The minimum atomic E-state index is 0.410. The van der Waals surface area contributed by atoms with E-state index in [1.165, 1.54) is 22.3 Å². The number of benzene rings is 2. The van der Waals surface area contributed by atoms with Crippen molar-refractivity contribution in [1.82, 2.24) is 0 Å². The molecule has 21 heavy (non-hydrogen) atoms. The van der Waals surface area contributed by atoms with Crippen LogP contribution in [-0.4, -0.2) is 14.2 Å². The van der Waals surface area contributed by atoms with Gasteiger partial charge in [0.2, 0.25) is 0 Å². The molecule has 0 fully saturated rings. The predicted molar refractivity (Wildman–Crippen MR) is 86.4 cm³/mol. The SMILES string of the molecule is CCC(c1ccc(COC)cc1)c1ccccc1COC. The van der Waals surface area contributed by atoms with Crippen molar-refractivity contribution in [3.8, 4) is 0 Å². The summed E-state index contributed by atoms with van der Waals surface area (Å²) in [6.07, 6.45) is 1.07. The molecule has 0 heterocycles. The van der Waals surface area contributed by atoms with Crippen LogP contribution in [-0.2, 0) is 22.7 Å². The molecule has 2 aromatic carbocycles. The Kier molecular flexibility index (Phi) is 5.97. The Morgan fingerprint density at radius 3 is 2.14 bits per heavy atom. The molecule has 2 nitrogen and oxygen atoms in total. The summed E-state index contributed by atoms with van der Waals surface area (Å²) in [6, 6.07) is 17.3. The quantitative estimate of drug-likeness (QED) is 0.744. The van der Waals surface area contributed by atoms with Gasteiger partial charge in [-0.25, -0.2) is 0 Å². The topological polar surface area (TPSA) is 18.5 Å². The van der Waals surface area contributed by atoms with Gasteiger partial charge in [-0.1, -0.05) is 55.5 Å². The highest BCUT2D eigenvalue weighted by Gasteiger charge is 2.15. The van der Waals surface area contributed by atoms with Crippen molar-refractivity contribution in [2.45, 2.75) is 32.5 Å². The van der Waals surface area contributed by atoms with Gasteiger partial charge in [0.15, 0.2) is 0 Å². The van der Waals surface area contributed by atoms with Gasteiger partial charge in [0.05, 0.1) is 13.2 Å². The molecule has 1 atom stereocenters. The number of hydrogen-bond acceptors (Lipinski definition) is 2. The Hall–Kier alpha value is -1.64. The number of rotatable bonds is 7. The normalized spacial score (nSPS) is 12.3. The first kappa shape index (κ1) is 15.7. The smallest absolute Gasteiger partial charge is 0.0715 e. The van der Waals surface area contributed by atoms with Gasteiger partial charge in [-0.2, -0.15) is 0 Å². The standard InChI is InChI=1S/C19H24O2/c1-4-18(16-11-9-15(10-12-16)13-20-2)19-8-6-5-7-17(19)14-21-3/h5-12,18H,4,13-14H2,1-3H3. The van der Waals surface area contributed by atoms with Crippen LogP contribution in [0.4, 0.5) is 0 Å². The maximum absolute atomic E-state index is 5.33. The molecule has 0 aliphatic rings. The Morgan fingerprint density at radius 1 is 0.857 bits per heavy atom. The average Bonchev–Trinajstić information content (AvgIpc) is 2.52. The van der Waals surface area contributed by atoms with Crippen molar-refractivity contribution in [3.63, 3.8) is 0 Å². The van der Waals surface area contributed by atoms with E-state index in [2.05, 4.69) is 55.5 Å². The van der Waals surface area contributed by atoms with Crippen LogP contribution in [0, 0.1) is 0 Å². The van der Waals surface area contributed by atoms with Crippen LogP contribution in [0.25, 0.3) is 0 Å². The summed E-state index contributed by atoms with van der Waals surface area (Å²) in [5.41, 5.74) is 5.19. The fourth-order valence-corrected chi connectivity index (χ4v) is 2.81. The number of hydrogen-bond donors (Lipinski definition) is 0. The highest BCUT2D eigenvalue weighted by atomic mass is 16.5. The molecule has 0 aliphatic carbocycles. The predicted octanol–water partition coefficient (Wildman–Crippen LogP) is 4.52. The van der Waals surface area contributed by atoms with Crippen LogP contribution in [0.3, 0.4) is 0 Å². The van der Waals surface area contributed by atoms with Crippen molar-refractivity contribution < 1.29 is 9.47 Å². The molecule has 0 bridgehead atoms. The summed E-state index contributed by atoms with van der Waals surface area (Å²) in [5.74, 6) is 0.410. The summed E-state index contributed by atoms with van der Waals surface area (Å²) >= 11 is 0. The zero-order valence-electron chi connectivity index (χ0n) is 13.1. The highest BCUT2D eigenvalue weighted by molar-refractivity contribution is 5.38. The Labute approximate surface area is 127 Å². The van der Waals surface area contributed by atoms with Gasteiger partial charge >= 0.3 is 0 Å². The second kappa shape index (κ2) is 7.96. The third-order valence-corrected chi connectivity index (χ3v) is 3.83. The van der Waals surface area contributed by atoms with E-state index in [0.29, 0.717) is 19.1 Å². The van der Waals surface area contributed by atoms with Crippen molar-refractivity contribution >= 4 is 0 Å². The van der Waals surface area contributed by atoms with E-state index in [9.17, 15) is 0 Å². The zero-order valence-corrected chi connectivity index (χ0v) is 13.1. The molecule has 2 aromatic rings. The molecule has 0 N–H and O–H groups in total. The average molecular weight is 284 g/mol. The monoisotopic (exact) mass is 284 g/mol. The van der Waals surface area contributed by atoms with E-state index >= 15 is 0 Å². The molecule has 2 rings (SSSR count). The van der Waals surface area contributed by atoms with Crippen LogP contribution < -0.4 is 0 Å². The van der Waals surface area contributed by atoms with Crippen molar-refractivity contribution in [2.24, 2.45) is 0 Å². The number of ether oxygens (including phenoxy) is 2. The third-order valence-electron chi connectivity index (χ3n) is 3.83. The lowest BCUT2D eigenvalue weighted by atomic mass is 9.86. The molecule has 0 saturated heterocycles. The third kappa shape index (κ3) is 3.93. The van der Waals surface area contributed by atoms with E-state index in [-0.39, 0.29) is 0 Å². The Balaban J connectivity index is 2.30. The van der Waals surface area contributed by atoms with Crippen LogP contribution in [0.5, 0.6) is 0 Å². The first-order valence-electron chi connectivity index (χ1n) is 7.44. The van der Waals surface area contributed by atoms with Crippen LogP contribution in [0.1, 0.15) is 41.5 Å². The van der Waals surface area contributed by atoms with Gasteiger partial charge in [-0.15, -0.1) is 0 Å². The second-order valence-electron chi connectivity index (χ2n) is 5.27. The fourth-order valence-electron chi connectivity index (χ4n) is 2.81. The van der Waals surface area contributed by atoms with E-state index in [4.69, 9.17) is 9.47 Å². The van der Waals surface area contributed by atoms with Crippen molar-refractivity contribution in [1.29, 1.82) is 0 Å². The van der Waals surface area contributed by atoms with E-state index in [1.54, 1.807) is 14.2 Å². The summed E-state index contributed by atoms with van der Waals surface area (Å²) in [5, 5.41) is 0. The summed E-state index contributed by atoms with van der Waals surface area (Å²) in [7, 11) is 3.47.